The fourth-order valence-corrected chi connectivity index (χ4v) is 4.25. The lowest BCUT2D eigenvalue weighted by Gasteiger charge is -2.35. The topological polar surface area (TPSA) is 35.6 Å². The average molecular weight is 384 g/mol. The van der Waals surface area contributed by atoms with Crippen molar-refractivity contribution in [1.82, 2.24) is 4.90 Å². The van der Waals surface area contributed by atoms with Gasteiger partial charge in [-0.1, -0.05) is 29.8 Å². The molecule has 27 heavy (non-hydrogen) atoms. The summed E-state index contributed by atoms with van der Waals surface area (Å²) in [5.74, 6) is 0.346. The van der Waals surface area contributed by atoms with Crippen LogP contribution in [0.5, 0.6) is 0 Å². The van der Waals surface area contributed by atoms with Crippen LogP contribution in [0.15, 0.2) is 42.5 Å². The van der Waals surface area contributed by atoms with E-state index >= 15 is 0 Å². The first-order valence-corrected chi connectivity index (χ1v) is 10.00. The van der Waals surface area contributed by atoms with Gasteiger partial charge in [-0.3, -0.25) is 4.79 Å². The van der Waals surface area contributed by atoms with Crippen LogP contribution < -0.4 is 10.2 Å². The Morgan fingerprint density at radius 1 is 1.11 bits per heavy atom. The molecule has 1 amide bonds. The van der Waals surface area contributed by atoms with Crippen molar-refractivity contribution in [3.8, 4) is 0 Å². The first kappa shape index (κ1) is 18.3. The molecule has 1 aliphatic carbocycles. The van der Waals surface area contributed by atoms with Crippen molar-refractivity contribution in [2.45, 2.75) is 19.3 Å². The minimum Gasteiger partial charge on any atom is -0.369 e. The molecule has 0 bridgehead atoms. The summed E-state index contributed by atoms with van der Waals surface area (Å²) in [7, 11) is 2.16. The highest BCUT2D eigenvalue weighted by molar-refractivity contribution is 6.31. The minimum atomic E-state index is 0.0162. The highest BCUT2D eigenvalue weighted by Gasteiger charge is 2.44. The van der Waals surface area contributed by atoms with Gasteiger partial charge in [0.2, 0.25) is 5.91 Å². The minimum absolute atomic E-state index is 0.0162. The summed E-state index contributed by atoms with van der Waals surface area (Å²) >= 11 is 6.27. The lowest BCUT2D eigenvalue weighted by molar-refractivity contribution is -0.117. The second-order valence-corrected chi connectivity index (χ2v) is 8.16. The first-order chi connectivity index (χ1) is 13.0. The van der Waals surface area contributed by atoms with Crippen LogP contribution in [-0.4, -0.2) is 44.0 Å². The summed E-state index contributed by atoms with van der Waals surface area (Å²) in [4.78, 5) is 17.4. The Morgan fingerprint density at radius 2 is 1.85 bits per heavy atom. The number of nitrogens with zero attached hydrogens (tertiary/aromatic N) is 2. The largest absolute Gasteiger partial charge is 0.369 e. The molecule has 4 rings (SSSR count). The number of hydrogen-bond acceptors (Lipinski definition) is 3. The van der Waals surface area contributed by atoms with Crippen molar-refractivity contribution in [3.05, 3.63) is 58.6 Å². The Bertz CT molecular complexity index is 845. The molecule has 5 heteroatoms. The molecule has 1 saturated carbocycles. The number of amides is 1. The summed E-state index contributed by atoms with van der Waals surface area (Å²) in [5, 5.41) is 3.85. The maximum absolute atomic E-state index is 12.6. The molecular weight excluding hydrogens is 358 g/mol. The van der Waals surface area contributed by atoms with E-state index in [1.54, 1.807) is 0 Å². The zero-order chi connectivity index (χ0) is 19.0. The van der Waals surface area contributed by atoms with Crippen LogP contribution in [0.3, 0.4) is 0 Å². The number of aryl methyl sites for hydroxylation is 1. The van der Waals surface area contributed by atoms with Gasteiger partial charge in [-0.2, -0.15) is 0 Å². The quantitative estimate of drug-likeness (QED) is 0.861. The van der Waals surface area contributed by atoms with Gasteiger partial charge in [0, 0.05) is 48.5 Å². The summed E-state index contributed by atoms with van der Waals surface area (Å²) < 4.78 is 0. The molecule has 1 aliphatic heterocycles. The second kappa shape index (κ2) is 7.53. The Kier molecular flexibility index (Phi) is 5.11. The third-order valence-corrected chi connectivity index (χ3v) is 6.08. The maximum atomic E-state index is 12.6. The van der Waals surface area contributed by atoms with Gasteiger partial charge in [-0.05, 0) is 61.7 Å². The van der Waals surface area contributed by atoms with Crippen LogP contribution >= 0.6 is 11.6 Å². The van der Waals surface area contributed by atoms with Gasteiger partial charge in [-0.15, -0.1) is 0 Å². The summed E-state index contributed by atoms with van der Waals surface area (Å²) in [6.07, 6.45) is 0.869. The van der Waals surface area contributed by atoms with E-state index in [0.29, 0.717) is 0 Å². The smallest absolute Gasteiger partial charge is 0.228 e. The number of carbonyl (C=O) groups is 1. The van der Waals surface area contributed by atoms with Crippen molar-refractivity contribution < 1.29 is 4.79 Å². The van der Waals surface area contributed by atoms with Crippen LogP contribution in [0.25, 0.3) is 0 Å². The van der Waals surface area contributed by atoms with E-state index < -0.39 is 0 Å². The molecule has 2 aliphatic rings. The molecule has 0 aromatic heterocycles. The third-order valence-electron chi connectivity index (χ3n) is 5.74. The normalized spacial score (nSPS) is 22.6. The van der Waals surface area contributed by atoms with Gasteiger partial charge in [-0.25, -0.2) is 0 Å². The van der Waals surface area contributed by atoms with Crippen LogP contribution in [-0.2, 0) is 4.79 Å². The highest BCUT2D eigenvalue weighted by Crippen LogP contribution is 2.50. The summed E-state index contributed by atoms with van der Waals surface area (Å²) in [6.45, 7) is 6.38. The second-order valence-electron chi connectivity index (χ2n) is 7.75. The Labute approximate surface area is 166 Å². The van der Waals surface area contributed by atoms with Gasteiger partial charge in [0.15, 0.2) is 0 Å². The molecule has 142 valence electrons. The molecule has 2 aromatic carbocycles. The fourth-order valence-electron chi connectivity index (χ4n) is 3.97. The average Bonchev–Trinajstić information content (AvgIpc) is 3.44. The van der Waals surface area contributed by atoms with Crippen molar-refractivity contribution in [3.63, 3.8) is 0 Å². The number of likely N-dealkylation sites (N-methyl/N-ethyl adjacent to an activating group) is 1. The first-order valence-electron chi connectivity index (χ1n) is 9.62. The highest BCUT2D eigenvalue weighted by atomic mass is 35.5. The van der Waals surface area contributed by atoms with Gasteiger partial charge in [0.25, 0.3) is 0 Å². The zero-order valence-corrected chi connectivity index (χ0v) is 16.7. The van der Waals surface area contributed by atoms with Crippen molar-refractivity contribution in [2.24, 2.45) is 5.92 Å². The standard InChI is InChI=1S/C22H26ClN3O/c1-15-13-16(7-8-21(15)26-11-9-25(2)10-12-26)24-22(27)19-14-18(19)17-5-3-4-6-20(17)23/h3-8,13,18-19H,9-12,14H2,1-2H3,(H,24,27). The fraction of sp³-hybridized carbons (Fsp3) is 0.409. The van der Waals surface area contributed by atoms with E-state index in [1.807, 2.05) is 30.3 Å². The van der Waals surface area contributed by atoms with Crippen LogP contribution in [0.4, 0.5) is 11.4 Å². The molecule has 1 N–H and O–H groups in total. The molecule has 0 radical (unpaired) electrons. The van der Waals surface area contributed by atoms with E-state index in [1.165, 1.54) is 11.3 Å². The molecule has 0 spiro atoms. The summed E-state index contributed by atoms with van der Waals surface area (Å²) in [6, 6.07) is 14.1. The number of benzene rings is 2. The molecule has 1 saturated heterocycles. The van der Waals surface area contributed by atoms with Gasteiger partial charge < -0.3 is 15.1 Å². The molecule has 1 heterocycles. The Morgan fingerprint density at radius 3 is 2.56 bits per heavy atom. The predicted octanol–water partition coefficient (Wildman–Crippen LogP) is 4.14. The molecular formula is C22H26ClN3O. The van der Waals surface area contributed by atoms with E-state index in [4.69, 9.17) is 11.6 Å². The number of nitrogens with one attached hydrogen (secondary N) is 1. The molecule has 4 nitrogen and oxygen atoms in total. The van der Waals surface area contributed by atoms with Crippen molar-refractivity contribution in [1.29, 1.82) is 0 Å². The Hall–Kier alpha value is -2.04. The van der Waals surface area contributed by atoms with Crippen LogP contribution in [0.2, 0.25) is 5.02 Å². The Balaban J connectivity index is 1.39. The third kappa shape index (κ3) is 3.97. The van der Waals surface area contributed by atoms with Crippen LogP contribution in [0.1, 0.15) is 23.5 Å². The van der Waals surface area contributed by atoms with Gasteiger partial charge in [0.05, 0.1) is 0 Å². The molecule has 2 fully saturated rings. The zero-order valence-electron chi connectivity index (χ0n) is 15.9. The maximum Gasteiger partial charge on any atom is 0.228 e. The van der Waals surface area contributed by atoms with E-state index in [2.05, 4.69) is 41.2 Å². The number of rotatable bonds is 4. The molecule has 2 atom stereocenters. The number of halogens is 1. The number of carbonyl (C=O) groups excluding carboxylic acids is 1. The van der Waals surface area contributed by atoms with Gasteiger partial charge >= 0.3 is 0 Å². The van der Waals surface area contributed by atoms with E-state index in [9.17, 15) is 4.79 Å². The lowest BCUT2D eigenvalue weighted by Crippen LogP contribution is -2.44. The molecule has 2 unspecified atom stereocenters. The SMILES string of the molecule is Cc1cc(NC(=O)C2CC2c2ccccc2Cl)ccc1N1CCN(C)CC1. The summed E-state index contributed by atoms with van der Waals surface area (Å²) in [5.41, 5.74) is 4.43. The van der Waals surface area contributed by atoms with Crippen molar-refractivity contribution >= 4 is 28.9 Å². The molecule has 2 aromatic rings. The number of hydrogen-bond donors (Lipinski definition) is 1. The van der Waals surface area contributed by atoms with E-state index in [-0.39, 0.29) is 17.7 Å². The van der Waals surface area contributed by atoms with Crippen molar-refractivity contribution in [2.75, 3.05) is 43.4 Å². The van der Waals surface area contributed by atoms with Gasteiger partial charge in [0.1, 0.15) is 0 Å². The van der Waals surface area contributed by atoms with E-state index in [0.717, 1.165) is 48.9 Å². The number of piperazine rings is 1. The van der Waals surface area contributed by atoms with Crippen LogP contribution in [0, 0.1) is 12.8 Å². The predicted molar refractivity (Wildman–Crippen MR) is 112 cm³/mol. The number of anilines is 2. The lowest BCUT2D eigenvalue weighted by atomic mass is 10.1. The monoisotopic (exact) mass is 383 g/mol.